The van der Waals surface area contributed by atoms with Crippen LogP contribution in [0.4, 0.5) is 14.6 Å². The van der Waals surface area contributed by atoms with Crippen molar-refractivity contribution in [3.63, 3.8) is 0 Å². The summed E-state index contributed by atoms with van der Waals surface area (Å²) in [6.45, 7) is -0.0480. The van der Waals surface area contributed by atoms with E-state index in [1.54, 1.807) is 62.7 Å². The average Bonchev–Trinajstić information content (AvgIpc) is 3.37. The summed E-state index contributed by atoms with van der Waals surface area (Å²) in [5.74, 6) is -0.427. The first-order valence-electron chi connectivity index (χ1n) is 14.2. The number of nitrogens with zero attached hydrogens (tertiary/aromatic N) is 6. The molecule has 1 unspecified atom stereocenters. The molecule has 3 aromatic heterocycles. The summed E-state index contributed by atoms with van der Waals surface area (Å²) in [6.07, 6.45) is 2.78. The molecule has 0 aliphatic carbocycles. The van der Waals surface area contributed by atoms with Crippen LogP contribution < -0.4 is 14.6 Å². The molecular weight excluding hydrogens is 713 g/mol. The van der Waals surface area contributed by atoms with E-state index in [9.17, 15) is 22.0 Å². The first kappa shape index (κ1) is 32.6. The van der Waals surface area contributed by atoms with Crippen molar-refractivity contribution in [2.24, 2.45) is 7.05 Å². The van der Waals surface area contributed by atoms with E-state index in [0.29, 0.717) is 39.3 Å². The zero-order valence-electron chi connectivity index (χ0n) is 25.4. The number of pyridine rings is 1. The number of ether oxygens (including phenoxy) is 1. The van der Waals surface area contributed by atoms with Crippen molar-refractivity contribution < 1.29 is 21.9 Å². The number of halogens is 3. The second-order valence-electron chi connectivity index (χ2n) is 10.9. The fraction of sp³-hybridized carbons (Fsp3) is 0.188. The molecule has 3 aromatic carbocycles. The molecule has 0 aliphatic rings. The molecule has 10 nitrogen and oxygen atoms in total. The maximum absolute atomic E-state index is 14.2. The Morgan fingerprint density at radius 3 is 2.40 bits per heavy atom. The molecule has 0 bridgehead atoms. The minimum absolute atomic E-state index is 0.0480. The van der Waals surface area contributed by atoms with Crippen LogP contribution in [0.1, 0.15) is 21.7 Å². The van der Waals surface area contributed by atoms with Crippen LogP contribution in [0, 0.1) is 11.6 Å². The molecule has 242 valence electrons. The van der Waals surface area contributed by atoms with Crippen molar-refractivity contribution >= 4 is 66.2 Å². The Balaban J connectivity index is 1.57. The standard InChI is InChI=1S/C32H28AsClF2N6O4S/c1-40-28-26(11-10-25(34)27(28)31(39-40)41(47(3,44)45)17-18-6-8-22(46-2)9-7-18)42-30(38-29-23(32(42)43)5-4-12-37-29)24(33)15-19-13-20(35)16-21(36)14-19/h4-14,16,24H,15,17,33H2,1-3H3/t24-/m0/s1. The van der Waals surface area contributed by atoms with Gasteiger partial charge in [0.2, 0.25) is 0 Å². The van der Waals surface area contributed by atoms with Gasteiger partial charge in [0, 0.05) is 0 Å². The van der Waals surface area contributed by atoms with Gasteiger partial charge in [0.25, 0.3) is 0 Å². The van der Waals surface area contributed by atoms with Crippen LogP contribution in [0.5, 0.6) is 5.75 Å². The molecule has 0 N–H and O–H groups in total. The van der Waals surface area contributed by atoms with Crippen LogP contribution in [0.25, 0.3) is 27.6 Å². The van der Waals surface area contributed by atoms with Crippen LogP contribution in [0.15, 0.2) is 77.7 Å². The molecule has 0 saturated heterocycles. The van der Waals surface area contributed by atoms with Crippen molar-refractivity contribution in [1.29, 1.82) is 0 Å². The van der Waals surface area contributed by atoms with E-state index in [1.807, 2.05) is 0 Å². The molecule has 15 heteroatoms. The molecular formula is C32H28AsClF2N6O4S. The Bertz CT molecular complexity index is 2310. The van der Waals surface area contributed by atoms with Gasteiger partial charge in [0.15, 0.2) is 0 Å². The molecule has 3 heterocycles. The van der Waals surface area contributed by atoms with Gasteiger partial charge >= 0.3 is 266 Å². The van der Waals surface area contributed by atoms with Gasteiger partial charge in [-0.2, -0.15) is 0 Å². The van der Waals surface area contributed by atoms with Gasteiger partial charge in [0.05, 0.1) is 7.11 Å². The van der Waals surface area contributed by atoms with Crippen molar-refractivity contribution in [2.75, 3.05) is 17.7 Å². The van der Waals surface area contributed by atoms with E-state index in [1.165, 1.54) is 44.4 Å². The molecule has 47 heavy (non-hydrogen) atoms. The molecule has 6 aromatic rings. The van der Waals surface area contributed by atoms with Crippen LogP contribution in [-0.4, -0.2) is 63.0 Å². The summed E-state index contributed by atoms with van der Waals surface area (Å²) < 4.78 is 63.4. The first-order valence-corrected chi connectivity index (χ1v) is 17.8. The van der Waals surface area contributed by atoms with Crippen LogP contribution in [0.2, 0.25) is 5.02 Å². The molecule has 0 amide bonds. The third-order valence-electron chi connectivity index (χ3n) is 7.64. The molecule has 0 saturated carbocycles. The van der Waals surface area contributed by atoms with E-state index in [4.69, 9.17) is 21.3 Å². The van der Waals surface area contributed by atoms with Crippen molar-refractivity contribution in [2.45, 2.75) is 17.7 Å². The van der Waals surface area contributed by atoms with Gasteiger partial charge in [-0.3, -0.25) is 0 Å². The zero-order valence-corrected chi connectivity index (χ0v) is 29.4. The molecule has 0 fully saturated rings. The van der Waals surface area contributed by atoms with Gasteiger partial charge in [-0.15, -0.1) is 0 Å². The second kappa shape index (κ2) is 12.7. The zero-order chi connectivity index (χ0) is 33.6. The predicted molar refractivity (Wildman–Crippen MR) is 180 cm³/mol. The number of sulfonamides is 1. The maximum atomic E-state index is 14.2. The Hall–Kier alpha value is -4.32. The number of hydrogen-bond donors (Lipinski definition) is 0. The van der Waals surface area contributed by atoms with Gasteiger partial charge in [-0.1, -0.05) is 0 Å². The van der Waals surface area contributed by atoms with Gasteiger partial charge in [-0.05, 0) is 0 Å². The van der Waals surface area contributed by atoms with Crippen LogP contribution in [-0.2, 0) is 30.0 Å². The Morgan fingerprint density at radius 1 is 1.04 bits per heavy atom. The number of fused-ring (bicyclic) bond motifs is 2. The van der Waals surface area contributed by atoms with Crippen molar-refractivity contribution in [1.82, 2.24) is 24.3 Å². The van der Waals surface area contributed by atoms with E-state index in [0.717, 1.165) is 16.6 Å². The topological polar surface area (TPSA) is 112 Å². The summed E-state index contributed by atoms with van der Waals surface area (Å²) in [4.78, 5) is 23.3. The van der Waals surface area contributed by atoms with Gasteiger partial charge in [0.1, 0.15) is 5.75 Å². The SMILES string of the molecule is COc1ccc(CN(c2nn(C)c3c(-n4c([C@@H]([AsH2])Cc5cc(F)cc(F)c5)nc5ncccc5c4=O)ccc(Cl)c23)S(C)(=O)=O)cc1. The van der Waals surface area contributed by atoms with E-state index in [-0.39, 0.29) is 34.8 Å². The van der Waals surface area contributed by atoms with E-state index < -0.39 is 31.9 Å². The fourth-order valence-electron chi connectivity index (χ4n) is 5.53. The van der Waals surface area contributed by atoms with Crippen LogP contribution in [0.3, 0.4) is 0 Å². The fourth-order valence-corrected chi connectivity index (χ4v) is 7.63. The van der Waals surface area contributed by atoms with Gasteiger partial charge in [-0.25, -0.2) is 0 Å². The third-order valence-corrected chi connectivity index (χ3v) is 10.2. The molecule has 0 radical (unpaired) electrons. The van der Waals surface area contributed by atoms with Crippen LogP contribution >= 0.6 is 11.6 Å². The Morgan fingerprint density at radius 2 is 1.74 bits per heavy atom. The number of anilines is 1. The Labute approximate surface area is 282 Å². The van der Waals surface area contributed by atoms with E-state index >= 15 is 0 Å². The predicted octanol–water partition coefficient (Wildman–Crippen LogP) is 4.49. The Kier molecular flexibility index (Phi) is 8.82. The summed E-state index contributed by atoms with van der Waals surface area (Å²) in [5.41, 5.74) is 1.57. The molecule has 0 aliphatic heterocycles. The number of hydrogen-bond acceptors (Lipinski definition) is 7. The molecule has 0 spiro atoms. The van der Waals surface area contributed by atoms with E-state index in [2.05, 4.69) is 10.1 Å². The van der Waals surface area contributed by atoms with Crippen molar-refractivity contribution in [3.8, 4) is 11.4 Å². The summed E-state index contributed by atoms with van der Waals surface area (Å²) >= 11 is 7.96. The molecule has 6 rings (SSSR count). The summed E-state index contributed by atoms with van der Waals surface area (Å²) in [6, 6.07) is 16.7. The quantitative estimate of drug-likeness (QED) is 0.201. The molecule has 2 atom stereocenters. The number of aryl methyl sites for hydroxylation is 1. The van der Waals surface area contributed by atoms with Gasteiger partial charge < -0.3 is 4.74 Å². The summed E-state index contributed by atoms with van der Waals surface area (Å²) in [7, 11) is -0.716. The second-order valence-corrected chi connectivity index (χ2v) is 14.9. The third kappa shape index (κ3) is 6.35. The first-order chi connectivity index (χ1) is 22.3. The van der Waals surface area contributed by atoms with Crippen molar-refractivity contribution in [3.05, 3.63) is 117 Å². The number of rotatable bonds is 9. The number of methoxy groups -OCH3 is 1. The normalized spacial score (nSPS) is 12.5. The monoisotopic (exact) mass is 740 g/mol. The summed E-state index contributed by atoms with van der Waals surface area (Å²) in [5, 5.41) is 5.38. The number of aromatic nitrogens is 5. The number of benzene rings is 3. The average molecular weight is 741 g/mol. The minimum atomic E-state index is -3.88.